The van der Waals surface area contributed by atoms with Crippen molar-refractivity contribution in [2.45, 2.75) is 50.7 Å². The van der Waals surface area contributed by atoms with Gasteiger partial charge in [0.25, 0.3) is 0 Å². The normalized spacial score (nSPS) is 28.4. The second-order valence-corrected chi connectivity index (χ2v) is 6.33. The molecule has 22 heavy (non-hydrogen) atoms. The van der Waals surface area contributed by atoms with Gasteiger partial charge in [0, 0.05) is 18.2 Å². The molecule has 1 heterocycles. The Morgan fingerprint density at radius 3 is 2.91 bits per heavy atom. The van der Waals surface area contributed by atoms with Gasteiger partial charge in [-0.1, -0.05) is 12.8 Å². The van der Waals surface area contributed by atoms with Gasteiger partial charge in [0.2, 0.25) is 0 Å². The third kappa shape index (κ3) is 2.82. The van der Waals surface area contributed by atoms with Crippen LogP contribution in [-0.4, -0.2) is 35.2 Å². The van der Waals surface area contributed by atoms with E-state index in [1.54, 1.807) is 19.2 Å². The van der Waals surface area contributed by atoms with E-state index < -0.39 is 12.0 Å². The van der Waals surface area contributed by atoms with Crippen molar-refractivity contribution in [3.63, 3.8) is 0 Å². The van der Waals surface area contributed by atoms with Gasteiger partial charge in [-0.15, -0.1) is 0 Å². The molecule has 1 aliphatic heterocycles. The van der Waals surface area contributed by atoms with Crippen molar-refractivity contribution in [1.29, 1.82) is 0 Å². The lowest BCUT2D eigenvalue weighted by Crippen LogP contribution is -2.41. The van der Waals surface area contributed by atoms with Gasteiger partial charge in [-0.2, -0.15) is 0 Å². The molecule has 4 nitrogen and oxygen atoms in total. The first-order chi connectivity index (χ1) is 10.6. The lowest BCUT2D eigenvalue weighted by Gasteiger charge is -2.33. The van der Waals surface area contributed by atoms with Crippen LogP contribution < -0.4 is 4.74 Å². The SMILES string of the molecule is COc1ccc(F)c(CN2C(C(=O)O)CC3CCCCC32)c1. The number of rotatable bonds is 4. The maximum atomic E-state index is 14.1. The number of fused-ring (bicyclic) bond motifs is 1. The predicted octanol–water partition coefficient (Wildman–Crippen LogP) is 3.05. The second kappa shape index (κ2) is 6.24. The van der Waals surface area contributed by atoms with Gasteiger partial charge in [-0.25, -0.2) is 4.39 Å². The Hall–Kier alpha value is -1.62. The zero-order valence-corrected chi connectivity index (χ0v) is 12.8. The van der Waals surface area contributed by atoms with Crippen LogP contribution in [0.3, 0.4) is 0 Å². The largest absolute Gasteiger partial charge is 0.497 e. The van der Waals surface area contributed by atoms with Crippen LogP contribution in [0.4, 0.5) is 4.39 Å². The van der Waals surface area contributed by atoms with Gasteiger partial charge < -0.3 is 9.84 Å². The highest BCUT2D eigenvalue weighted by atomic mass is 19.1. The van der Waals surface area contributed by atoms with Gasteiger partial charge in [0.15, 0.2) is 0 Å². The Morgan fingerprint density at radius 1 is 1.41 bits per heavy atom. The smallest absolute Gasteiger partial charge is 0.320 e. The summed E-state index contributed by atoms with van der Waals surface area (Å²) < 4.78 is 19.2. The van der Waals surface area contributed by atoms with Crippen molar-refractivity contribution in [2.24, 2.45) is 5.92 Å². The Labute approximate surface area is 129 Å². The molecule has 2 fully saturated rings. The number of carbonyl (C=O) groups is 1. The number of ether oxygens (including phenoxy) is 1. The van der Waals surface area contributed by atoms with Crippen LogP contribution >= 0.6 is 0 Å². The fraction of sp³-hybridized carbons (Fsp3) is 0.588. The first-order valence-corrected chi connectivity index (χ1v) is 7.91. The van der Waals surface area contributed by atoms with E-state index in [0.717, 1.165) is 19.3 Å². The molecule has 0 spiro atoms. The van der Waals surface area contributed by atoms with E-state index in [1.807, 2.05) is 4.90 Å². The van der Waals surface area contributed by atoms with Gasteiger partial charge in [0.05, 0.1) is 7.11 Å². The molecule has 1 saturated heterocycles. The van der Waals surface area contributed by atoms with Crippen LogP contribution in [0.15, 0.2) is 18.2 Å². The molecule has 2 aliphatic rings. The molecule has 0 bridgehead atoms. The van der Waals surface area contributed by atoms with Gasteiger partial charge in [-0.05, 0) is 43.4 Å². The van der Waals surface area contributed by atoms with Gasteiger partial charge >= 0.3 is 5.97 Å². The van der Waals surface area contributed by atoms with Crippen molar-refractivity contribution in [3.8, 4) is 5.75 Å². The molecule has 0 aromatic heterocycles. The summed E-state index contributed by atoms with van der Waals surface area (Å²) in [4.78, 5) is 13.6. The van der Waals surface area contributed by atoms with Crippen LogP contribution in [0.2, 0.25) is 0 Å². The maximum Gasteiger partial charge on any atom is 0.320 e. The Balaban J connectivity index is 1.86. The number of hydrogen-bond donors (Lipinski definition) is 1. The summed E-state index contributed by atoms with van der Waals surface area (Å²) in [5.41, 5.74) is 0.511. The standard InChI is InChI=1S/C17H22FNO3/c1-22-13-6-7-14(18)12(8-13)10-19-15-5-3-2-4-11(15)9-16(19)17(20)21/h6-8,11,15-16H,2-5,9-10H2,1H3,(H,20,21). The third-order valence-electron chi connectivity index (χ3n) is 5.11. The molecule has 120 valence electrons. The first-order valence-electron chi connectivity index (χ1n) is 7.91. The van der Waals surface area contributed by atoms with E-state index in [0.29, 0.717) is 30.2 Å². The van der Waals surface area contributed by atoms with Crippen molar-refractivity contribution >= 4 is 5.97 Å². The molecule has 1 N–H and O–H groups in total. The van der Waals surface area contributed by atoms with E-state index in [-0.39, 0.29) is 11.9 Å². The first kappa shape index (κ1) is 15.3. The van der Waals surface area contributed by atoms with Crippen molar-refractivity contribution < 1.29 is 19.0 Å². The molecular weight excluding hydrogens is 285 g/mol. The molecular formula is C17H22FNO3. The molecule has 1 aromatic rings. The van der Waals surface area contributed by atoms with Crippen LogP contribution in [0.25, 0.3) is 0 Å². The maximum absolute atomic E-state index is 14.1. The van der Waals surface area contributed by atoms with E-state index in [4.69, 9.17) is 4.74 Å². The van der Waals surface area contributed by atoms with E-state index in [2.05, 4.69) is 0 Å². The Bertz CT molecular complexity index is 563. The minimum absolute atomic E-state index is 0.264. The number of nitrogens with zero attached hydrogens (tertiary/aromatic N) is 1. The summed E-state index contributed by atoms with van der Waals surface area (Å²) in [5.74, 6) is -0.0620. The average Bonchev–Trinajstić information content (AvgIpc) is 2.88. The lowest BCUT2D eigenvalue weighted by atomic mass is 9.84. The number of methoxy groups -OCH3 is 1. The molecule has 0 radical (unpaired) electrons. The van der Waals surface area contributed by atoms with Crippen molar-refractivity contribution in [3.05, 3.63) is 29.6 Å². The predicted molar refractivity (Wildman–Crippen MR) is 80.3 cm³/mol. The summed E-state index contributed by atoms with van der Waals surface area (Å²) >= 11 is 0. The van der Waals surface area contributed by atoms with E-state index in [1.165, 1.54) is 12.5 Å². The number of carboxylic acid groups (broad SMARTS) is 1. The monoisotopic (exact) mass is 307 g/mol. The van der Waals surface area contributed by atoms with Crippen LogP contribution in [0.1, 0.15) is 37.7 Å². The summed E-state index contributed by atoms with van der Waals surface area (Å²) in [6.07, 6.45) is 5.09. The Kier molecular flexibility index (Phi) is 4.34. The highest BCUT2D eigenvalue weighted by molar-refractivity contribution is 5.74. The Morgan fingerprint density at radius 2 is 2.18 bits per heavy atom. The molecule has 3 unspecified atom stereocenters. The summed E-state index contributed by atoms with van der Waals surface area (Å²) in [7, 11) is 1.55. The number of carboxylic acids is 1. The number of benzene rings is 1. The minimum atomic E-state index is -0.794. The minimum Gasteiger partial charge on any atom is -0.497 e. The number of likely N-dealkylation sites (tertiary alicyclic amines) is 1. The quantitative estimate of drug-likeness (QED) is 0.929. The number of halogens is 1. The van der Waals surface area contributed by atoms with E-state index >= 15 is 0 Å². The number of aliphatic carboxylic acids is 1. The van der Waals surface area contributed by atoms with Gasteiger partial charge in [0.1, 0.15) is 17.6 Å². The molecule has 3 rings (SSSR count). The molecule has 0 amide bonds. The molecule has 1 aliphatic carbocycles. The lowest BCUT2D eigenvalue weighted by molar-refractivity contribution is -0.142. The fourth-order valence-corrected chi connectivity index (χ4v) is 4.02. The molecule has 3 atom stereocenters. The summed E-state index contributed by atoms with van der Waals surface area (Å²) in [5, 5.41) is 9.52. The highest BCUT2D eigenvalue weighted by Crippen LogP contribution is 2.40. The fourth-order valence-electron chi connectivity index (χ4n) is 4.02. The summed E-state index contributed by atoms with van der Waals surface area (Å²) in [6.45, 7) is 0.334. The highest BCUT2D eigenvalue weighted by Gasteiger charge is 2.45. The van der Waals surface area contributed by atoms with Crippen LogP contribution in [0, 0.1) is 11.7 Å². The topological polar surface area (TPSA) is 49.8 Å². The molecule has 1 aromatic carbocycles. The third-order valence-corrected chi connectivity index (χ3v) is 5.11. The molecule has 1 saturated carbocycles. The second-order valence-electron chi connectivity index (χ2n) is 6.33. The van der Waals surface area contributed by atoms with Crippen molar-refractivity contribution in [2.75, 3.05) is 7.11 Å². The van der Waals surface area contributed by atoms with Gasteiger partial charge in [-0.3, -0.25) is 9.69 Å². The molecule has 5 heteroatoms. The van der Waals surface area contributed by atoms with E-state index in [9.17, 15) is 14.3 Å². The summed E-state index contributed by atoms with van der Waals surface area (Å²) in [6, 6.07) is 4.41. The average molecular weight is 307 g/mol. The zero-order chi connectivity index (χ0) is 15.7. The van der Waals surface area contributed by atoms with Crippen molar-refractivity contribution in [1.82, 2.24) is 4.90 Å². The zero-order valence-electron chi connectivity index (χ0n) is 12.8. The number of hydrogen-bond acceptors (Lipinski definition) is 3. The van der Waals surface area contributed by atoms with Crippen LogP contribution in [-0.2, 0) is 11.3 Å². The van der Waals surface area contributed by atoms with Crippen LogP contribution in [0.5, 0.6) is 5.75 Å².